The molecule has 6 rings (SSSR count). The Kier molecular flexibility index (Phi) is 8.19. The third-order valence-corrected chi connectivity index (χ3v) is 7.62. The number of nitrogens with zero attached hydrogens (tertiary/aromatic N) is 3. The standard InChI is InChI=1S/C33H24BrClN4O5/c1-19-7-3-5-9-25(19)37-30(40)18-43-31-24(34)13-20(14-28(31)42-2)17-36-39-32(38-26-10-6-4-8-23(26)33(39)41)29-16-21-15-22(35)11-12-27(21)44-29/h3-17H,18H2,1-2H3,(H,37,40). The first-order chi connectivity index (χ1) is 21.3. The molecule has 0 saturated heterocycles. The molecule has 11 heteroatoms. The Morgan fingerprint density at radius 1 is 1.09 bits per heavy atom. The van der Waals surface area contributed by atoms with Gasteiger partial charge in [0.25, 0.3) is 11.5 Å². The minimum Gasteiger partial charge on any atom is -0.493 e. The molecule has 2 heterocycles. The van der Waals surface area contributed by atoms with Gasteiger partial charge in [-0.15, -0.1) is 0 Å². The third kappa shape index (κ3) is 5.95. The molecule has 0 bridgehead atoms. The summed E-state index contributed by atoms with van der Waals surface area (Å²) in [7, 11) is 1.49. The Bertz CT molecular complexity index is 2140. The predicted molar refractivity (Wildman–Crippen MR) is 175 cm³/mol. The molecule has 0 aliphatic rings. The second-order valence-corrected chi connectivity index (χ2v) is 11.1. The van der Waals surface area contributed by atoms with Gasteiger partial charge < -0.3 is 19.2 Å². The number of rotatable bonds is 8. The molecule has 9 nitrogen and oxygen atoms in total. The van der Waals surface area contributed by atoms with Crippen LogP contribution < -0.4 is 20.3 Å². The van der Waals surface area contributed by atoms with Crippen molar-refractivity contribution in [1.82, 2.24) is 9.66 Å². The van der Waals surface area contributed by atoms with Crippen molar-refractivity contribution in [2.45, 2.75) is 6.92 Å². The van der Waals surface area contributed by atoms with Gasteiger partial charge in [0.15, 0.2) is 23.9 Å². The first-order valence-electron chi connectivity index (χ1n) is 13.4. The molecule has 2 aromatic heterocycles. The Labute approximate surface area is 264 Å². The van der Waals surface area contributed by atoms with Crippen LogP contribution >= 0.6 is 27.5 Å². The lowest BCUT2D eigenvalue weighted by Gasteiger charge is -2.14. The summed E-state index contributed by atoms with van der Waals surface area (Å²) in [6.45, 7) is 1.68. The van der Waals surface area contributed by atoms with Crippen LogP contribution in [-0.4, -0.2) is 35.5 Å². The smallest absolute Gasteiger partial charge is 0.282 e. The number of carbonyl (C=O) groups excluding carboxylic acids is 1. The number of furan rings is 1. The molecule has 6 aromatic rings. The molecular weight excluding hydrogens is 648 g/mol. The maximum absolute atomic E-state index is 13.6. The highest BCUT2D eigenvalue weighted by Crippen LogP contribution is 2.36. The van der Waals surface area contributed by atoms with Crippen LogP contribution in [0.1, 0.15) is 11.1 Å². The van der Waals surface area contributed by atoms with E-state index in [2.05, 4.69) is 26.3 Å². The molecule has 0 radical (unpaired) electrons. The van der Waals surface area contributed by atoms with Crippen LogP contribution in [0, 0.1) is 6.92 Å². The number of halogens is 2. The van der Waals surface area contributed by atoms with Crippen LogP contribution in [0.25, 0.3) is 33.5 Å². The molecule has 44 heavy (non-hydrogen) atoms. The van der Waals surface area contributed by atoms with Crippen molar-refractivity contribution in [2.75, 3.05) is 19.0 Å². The van der Waals surface area contributed by atoms with Crippen molar-refractivity contribution in [1.29, 1.82) is 0 Å². The summed E-state index contributed by atoms with van der Waals surface area (Å²) in [4.78, 5) is 30.9. The van der Waals surface area contributed by atoms with E-state index in [1.54, 1.807) is 54.6 Å². The molecule has 0 aliphatic heterocycles. The third-order valence-electron chi connectivity index (χ3n) is 6.79. The molecule has 0 spiro atoms. The van der Waals surface area contributed by atoms with Crippen LogP contribution in [0.5, 0.6) is 11.5 Å². The summed E-state index contributed by atoms with van der Waals surface area (Å²) < 4.78 is 19.1. The number of aryl methyl sites for hydroxylation is 1. The minimum atomic E-state index is -0.369. The topological polar surface area (TPSA) is 108 Å². The molecule has 1 amide bonds. The number of amides is 1. The number of hydrogen-bond donors (Lipinski definition) is 1. The van der Waals surface area contributed by atoms with Crippen LogP contribution in [0.4, 0.5) is 5.69 Å². The number of ether oxygens (including phenoxy) is 2. The second kappa shape index (κ2) is 12.4. The van der Waals surface area contributed by atoms with Gasteiger partial charge in [0.05, 0.1) is 28.7 Å². The Hall–Kier alpha value is -4.93. The van der Waals surface area contributed by atoms with Crippen LogP contribution in [0.2, 0.25) is 5.02 Å². The van der Waals surface area contributed by atoms with Gasteiger partial charge in [-0.1, -0.05) is 41.9 Å². The fourth-order valence-electron chi connectivity index (χ4n) is 4.63. The summed E-state index contributed by atoms with van der Waals surface area (Å²) in [6.07, 6.45) is 1.50. The van der Waals surface area contributed by atoms with Crippen molar-refractivity contribution < 1.29 is 18.7 Å². The van der Waals surface area contributed by atoms with Crippen LogP contribution in [-0.2, 0) is 4.79 Å². The summed E-state index contributed by atoms with van der Waals surface area (Å²) >= 11 is 9.68. The van der Waals surface area contributed by atoms with Gasteiger partial charge in [0.2, 0.25) is 5.82 Å². The monoisotopic (exact) mass is 670 g/mol. The molecule has 0 atom stereocenters. The summed E-state index contributed by atoms with van der Waals surface area (Å²) in [5.41, 5.74) is 2.98. The summed E-state index contributed by atoms with van der Waals surface area (Å²) in [6, 6.07) is 25.0. The van der Waals surface area contributed by atoms with E-state index in [-0.39, 0.29) is 23.9 Å². The largest absolute Gasteiger partial charge is 0.493 e. The highest BCUT2D eigenvalue weighted by atomic mass is 79.9. The number of methoxy groups -OCH3 is 1. The fraction of sp³-hybridized carbons (Fsp3) is 0.0909. The van der Waals surface area contributed by atoms with Crippen molar-refractivity contribution in [2.24, 2.45) is 5.10 Å². The lowest BCUT2D eigenvalue weighted by Crippen LogP contribution is -2.21. The Morgan fingerprint density at radius 2 is 1.89 bits per heavy atom. The van der Waals surface area contributed by atoms with Gasteiger partial charge in [-0.2, -0.15) is 9.78 Å². The van der Waals surface area contributed by atoms with Crippen LogP contribution in [0.15, 0.2) is 104 Å². The quantitative estimate of drug-likeness (QED) is 0.169. The number of benzene rings is 4. The van der Waals surface area contributed by atoms with Gasteiger partial charge >= 0.3 is 0 Å². The van der Waals surface area contributed by atoms with E-state index >= 15 is 0 Å². The van der Waals surface area contributed by atoms with E-state index in [0.717, 1.165) is 10.9 Å². The fourth-order valence-corrected chi connectivity index (χ4v) is 5.39. The predicted octanol–water partition coefficient (Wildman–Crippen LogP) is 7.44. The van der Waals surface area contributed by atoms with Crippen molar-refractivity contribution in [3.8, 4) is 23.1 Å². The average Bonchev–Trinajstić information content (AvgIpc) is 3.44. The number of carbonyl (C=O) groups is 1. The van der Waals surface area contributed by atoms with Crippen molar-refractivity contribution >= 4 is 67.2 Å². The van der Waals surface area contributed by atoms with Gasteiger partial charge in [-0.05, 0) is 88.6 Å². The van der Waals surface area contributed by atoms with E-state index in [1.807, 2.05) is 37.3 Å². The van der Waals surface area contributed by atoms with Crippen molar-refractivity contribution in [3.63, 3.8) is 0 Å². The lowest BCUT2D eigenvalue weighted by molar-refractivity contribution is -0.118. The molecule has 220 valence electrons. The molecule has 0 unspecified atom stereocenters. The minimum absolute atomic E-state index is 0.225. The van der Waals surface area contributed by atoms with Gasteiger partial charge in [-0.25, -0.2) is 4.98 Å². The zero-order valence-corrected chi connectivity index (χ0v) is 25.8. The van der Waals surface area contributed by atoms with Gasteiger partial charge in [0.1, 0.15) is 5.58 Å². The van der Waals surface area contributed by atoms with E-state index in [0.29, 0.717) is 54.5 Å². The Morgan fingerprint density at radius 3 is 2.70 bits per heavy atom. The number of aromatic nitrogens is 2. The number of para-hydroxylation sites is 2. The van der Waals surface area contributed by atoms with E-state index < -0.39 is 0 Å². The molecule has 0 aliphatic carbocycles. The van der Waals surface area contributed by atoms with Gasteiger partial charge in [-0.3, -0.25) is 9.59 Å². The zero-order valence-electron chi connectivity index (χ0n) is 23.5. The number of fused-ring (bicyclic) bond motifs is 2. The normalized spacial score (nSPS) is 11.4. The highest BCUT2D eigenvalue weighted by molar-refractivity contribution is 9.10. The summed E-state index contributed by atoms with van der Waals surface area (Å²) in [5.74, 6) is 0.970. The van der Waals surface area contributed by atoms with Crippen LogP contribution in [0.3, 0.4) is 0 Å². The maximum atomic E-state index is 13.6. The van der Waals surface area contributed by atoms with Gasteiger partial charge in [0, 0.05) is 16.1 Å². The number of nitrogens with one attached hydrogen (secondary N) is 1. The molecule has 0 fully saturated rings. The second-order valence-electron chi connectivity index (χ2n) is 9.79. The average molecular weight is 672 g/mol. The van der Waals surface area contributed by atoms with E-state index in [4.69, 9.17) is 30.5 Å². The van der Waals surface area contributed by atoms with E-state index in [1.165, 1.54) is 18.0 Å². The summed E-state index contributed by atoms with van der Waals surface area (Å²) in [5, 5.41) is 9.08. The number of hydrogen-bond acceptors (Lipinski definition) is 7. The molecular formula is C33H24BrClN4O5. The highest BCUT2D eigenvalue weighted by Gasteiger charge is 2.18. The Balaban J connectivity index is 1.32. The first-order valence-corrected chi connectivity index (χ1v) is 14.6. The lowest BCUT2D eigenvalue weighted by atomic mass is 10.2. The molecule has 4 aromatic carbocycles. The zero-order chi connectivity index (χ0) is 30.8. The molecule has 1 N–H and O–H groups in total. The first kappa shape index (κ1) is 29.2. The molecule has 0 saturated carbocycles. The van der Waals surface area contributed by atoms with E-state index in [9.17, 15) is 9.59 Å². The van der Waals surface area contributed by atoms with Crippen molar-refractivity contribution in [3.05, 3.63) is 116 Å². The maximum Gasteiger partial charge on any atom is 0.282 e. The SMILES string of the molecule is COc1cc(C=Nn2c(-c3cc4cc(Cl)ccc4o3)nc3ccccc3c2=O)cc(Br)c1OCC(=O)Nc1ccccc1C. The number of anilines is 1.